The quantitative estimate of drug-likeness (QED) is 0.809. The van der Waals surface area contributed by atoms with Gasteiger partial charge >= 0.3 is 0 Å². The van der Waals surface area contributed by atoms with Crippen LogP contribution in [0.15, 0.2) is 34.8 Å². The molecule has 2 aliphatic carbocycles. The lowest BCUT2D eigenvalue weighted by molar-refractivity contribution is -0.120. The van der Waals surface area contributed by atoms with E-state index in [1.165, 1.54) is 0 Å². The van der Waals surface area contributed by atoms with Gasteiger partial charge in [0, 0.05) is 16.1 Å². The van der Waals surface area contributed by atoms with Gasteiger partial charge in [0.05, 0.1) is 5.02 Å². The summed E-state index contributed by atoms with van der Waals surface area (Å²) in [6.07, 6.45) is 6.56. The first kappa shape index (κ1) is 12.2. The molecule has 3 rings (SSSR count). The summed E-state index contributed by atoms with van der Waals surface area (Å²) in [6, 6.07) is 5.44. The first-order valence-corrected chi connectivity index (χ1v) is 7.25. The Bertz CT molecular complexity index is 529. The number of rotatable bonds is 2. The van der Waals surface area contributed by atoms with Crippen molar-refractivity contribution in [2.75, 3.05) is 5.32 Å². The zero-order valence-corrected chi connectivity index (χ0v) is 12.0. The Morgan fingerprint density at radius 3 is 2.78 bits per heavy atom. The van der Waals surface area contributed by atoms with Crippen molar-refractivity contribution < 1.29 is 4.79 Å². The maximum Gasteiger partial charge on any atom is 0.228 e. The van der Waals surface area contributed by atoms with E-state index in [-0.39, 0.29) is 11.8 Å². The van der Waals surface area contributed by atoms with Crippen LogP contribution in [0.25, 0.3) is 0 Å². The van der Waals surface area contributed by atoms with Crippen molar-refractivity contribution in [3.8, 4) is 0 Å². The van der Waals surface area contributed by atoms with Gasteiger partial charge in [-0.05, 0) is 58.8 Å². The third kappa shape index (κ3) is 2.21. The molecule has 1 aromatic rings. The molecule has 4 heteroatoms. The molecule has 1 fully saturated rings. The number of halogens is 2. The minimum absolute atomic E-state index is 0.126. The lowest BCUT2D eigenvalue weighted by Crippen LogP contribution is -2.25. The highest BCUT2D eigenvalue weighted by atomic mass is 79.9. The first-order valence-electron chi connectivity index (χ1n) is 6.08. The van der Waals surface area contributed by atoms with Crippen molar-refractivity contribution in [3.63, 3.8) is 0 Å². The SMILES string of the molecule is O=C(Nc1ccc(Cl)c(Br)c1)C1CC2C=CC1C2. The molecule has 1 aromatic carbocycles. The van der Waals surface area contributed by atoms with Crippen molar-refractivity contribution in [1.82, 2.24) is 0 Å². The molecule has 0 heterocycles. The van der Waals surface area contributed by atoms with Crippen LogP contribution >= 0.6 is 27.5 Å². The highest BCUT2D eigenvalue weighted by molar-refractivity contribution is 9.10. The van der Waals surface area contributed by atoms with Gasteiger partial charge in [-0.25, -0.2) is 0 Å². The first-order chi connectivity index (χ1) is 8.63. The Morgan fingerprint density at radius 2 is 2.17 bits per heavy atom. The number of amides is 1. The van der Waals surface area contributed by atoms with Crippen molar-refractivity contribution in [2.45, 2.75) is 12.8 Å². The van der Waals surface area contributed by atoms with Crippen LogP contribution in [0.4, 0.5) is 5.69 Å². The lowest BCUT2D eigenvalue weighted by atomic mass is 9.93. The summed E-state index contributed by atoms with van der Waals surface area (Å²) in [4.78, 5) is 12.2. The van der Waals surface area contributed by atoms with E-state index in [9.17, 15) is 4.79 Å². The van der Waals surface area contributed by atoms with Gasteiger partial charge < -0.3 is 5.32 Å². The van der Waals surface area contributed by atoms with E-state index in [1.54, 1.807) is 6.07 Å². The third-order valence-electron chi connectivity index (χ3n) is 3.80. The fourth-order valence-corrected chi connectivity index (χ4v) is 3.39. The minimum Gasteiger partial charge on any atom is -0.326 e. The Morgan fingerprint density at radius 1 is 1.33 bits per heavy atom. The zero-order chi connectivity index (χ0) is 12.7. The highest BCUT2D eigenvalue weighted by Gasteiger charge is 2.39. The number of carbonyl (C=O) groups excluding carboxylic acids is 1. The maximum absolute atomic E-state index is 12.2. The molecule has 94 valence electrons. The van der Waals surface area contributed by atoms with Gasteiger partial charge in [-0.2, -0.15) is 0 Å². The number of anilines is 1. The molecule has 2 bridgehead atoms. The monoisotopic (exact) mass is 325 g/mol. The number of hydrogen-bond acceptors (Lipinski definition) is 1. The number of nitrogens with one attached hydrogen (secondary N) is 1. The second kappa shape index (κ2) is 4.71. The summed E-state index contributed by atoms with van der Waals surface area (Å²) in [5.41, 5.74) is 0.794. The summed E-state index contributed by atoms with van der Waals surface area (Å²) in [7, 11) is 0. The molecule has 1 saturated carbocycles. The highest BCUT2D eigenvalue weighted by Crippen LogP contribution is 2.43. The van der Waals surface area contributed by atoms with Gasteiger partial charge in [0.1, 0.15) is 0 Å². The van der Waals surface area contributed by atoms with Crippen LogP contribution in [0.5, 0.6) is 0 Å². The second-order valence-electron chi connectivity index (χ2n) is 5.00. The summed E-state index contributed by atoms with van der Waals surface area (Å²) in [5, 5.41) is 3.62. The fourth-order valence-electron chi connectivity index (χ4n) is 2.89. The van der Waals surface area contributed by atoms with Gasteiger partial charge in [0.25, 0.3) is 0 Å². The Labute approximate surface area is 120 Å². The molecule has 0 aromatic heterocycles. The average Bonchev–Trinajstić information content (AvgIpc) is 2.96. The molecular weight excluding hydrogens is 314 g/mol. The van der Waals surface area contributed by atoms with E-state index in [1.807, 2.05) is 12.1 Å². The predicted molar refractivity (Wildman–Crippen MR) is 76.6 cm³/mol. The van der Waals surface area contributed by atoms with Crippen LogP contribution < -0.4 is 5.32 Å². The molecule has 0 aliphatic heterocycles. The normalized spacial score (nSPS) is 28.7. The zero-order valence-electron chi connectivity index (χ0n) is 9.70. The van der Waals surface area contributed by atoms with Gasteiger partial charge in [0.2, 0.25) is 5.91 Å². The van der Waals surface area contributed by atoms with Gasteiger partial charge in [0.15, 0.2) is 0 Å². The summed E-state index contributed by atoms with van der Waals surface area (Å²) in [6.45, 7) is 0. The van der Waals surface area contributed by atoms with E-state index >= 15 is 0 Å². The Kier molecular flexibility index (Phi) is 3.20. The number of carbonyl (C=O) groups is 1. The molecule has 2 nitrogen and oxygen atoms in total. The molecular formula is C14H13BrClNO. The van der Waals surface area contributed by atoms with Gasteiger partial charge in [-0.1, -0.05) is 23.8 Å². The van der Waals surface area contributed by atoms with Crippen molar-refractivity contribution in [3.05, 3.63) is 39.8 Å². The molecule has 1 amide bonds. The van der Waals surface area contributed by atoms with Crippen molar-refractivity contribution in [1.29, 1.82) is 0 Å². The molecule has 0 radical (unpaired) electrons. The van der Waals surface area contributed by atoms with Crippen molar-refractivity contribution in [2.24, 2.45) is 17.8 Å². The molecule has 3 atom stereocenters. The molecule has 18 heavy (non-hydrogen) atoms. The average molecular weight is 327 g/mol. The molecule has 2 aliphatic rings. The van der Waals surface area contributed by atoms with Crippen LogP contribution in [0.2, 0.25) is 5.02 Å². The number of hydrogen-bond donors (Lipinski definition) is 1. The van der Waals surface area contributed by atoms with Crippen LogP contribution in [0.1, 0.15) is 12.8 Å². The summed E-state index contributed by atoms with van der Waals surface area (Å²) < 4.78 is 0.801. The summed E-state index contributed by atoms with van der Waals surface area (Å²) in [5.74, 6) is 1.31. The van der Waals surface area contributed by atoms with Gasteiger partial charge in [-0.3, -0.25) is 4.79 Å². The molecule has 1 N–H and O–H groups in total. The maximum atomic E-state index is 12.2. The van der Waals surface area contributed by atoms with Crippen molar-refractivity contribution >= 4 is 39.1 Å². The van der Waals surface area contributed by atoms with Crippen LogP contribution in [-0.2, 0) is 4.79 Å². The standard InChI is InChI=1S/C14H13BrClNO/c15-12-7-10(3-4-13(12)16)17-14(18)11-6-8-1-2-9(11)5-8/h1-4,7-9,11H,5-6H2,(H,17,18). The Balaban J connectivity index is 1.71. The van der Waals surface area contributed by atoms with E-state index in [2.05, 4.69) is 33.4 Å². The second-order valence-corrected chi connectivity index (χ2v) is 6.27. The van der Waals surface area contributed by atoms with Gasteiger partial charge in [-0.15, -0.1) is 0 Å². The molecule has 0 spiro atoms. The summed E-state index contributed by atoms with van der Waals surface area (Å²) >= 11 is 9.28. The topological polar surface area (TPSA) is 29.1 Å². The van der Waals surface area contributed by atoms with E-state index in [0.29, 0.717) is 16.9 Å². The molecule has 3 unspecified atom stereocenters. The largest absolute Gasteiger partial charge is 0.326 e. The van der Waals surface area contributed by atoms with E-state index in [4.69, 9.17) is 11.6 Å². The predicted octanol–water partition coefficient (Wildman–Crippen LogP) is 4.25. The smallest absolute Gasteiger partial charge is 0.228 e. The Hall–Kier alpha value is -0.800. The van der Waals surface area contributed by atoms with E-state index < -0.39 is 0 Å². The van der Waals surface area contributed by atoms with Crippen LogP contribution in [0, 0.1) is 17.8 Å². The fraction of sp³-hybridized carbons (Fsp3) is 0.357. The minimum atomic E-state index is 0.126. The molecule has 0 saturated heterocycles. The van der Waals surface area contributed by atoms with Crippen LogP contribution in [-0.4, -0.2) is 5.91 Å². The third-order valence-corrected chi connectivity index (χ3v) is 5.02. The number of benzene rings is 1. The van der Waals surface area contributed by atoms with E-state index in [0.717, 1.165) is 23.0 Å². The van der Waals surface area contributed by atoms with Crippen LogP contribution in [0.3, 0.4) is 0 Å². The number of fused-ring (bicyclic) bond motifs is 2. The lowest BCUT2D eigenvalue weighted by Gasteiger charge is -2.17. The number of allylic oxidation sites excluding steroid dienone is 2.